The van der Waals surface area contributed by atoms with E-state index in [-0.39, 0.29) is 35.6 Å². The zero-order chi connectivity index (χ0) is 32.7. The fraction of sp³-hybridized carbons (Fsp3) is 0.371. The van der Waals surface area contributed by atoms with Crippen molar-refractivity contribution in [2.75, 3.05) is 39.6 Å². The van der Waals surface area contributed by atoms with Gasteiger partial charge in [0.15, 0.2) is 0 Å². The molecule has 1 atom stereocenters. The lowest BCUT2D eigenvalue weighted by Crippen LogP contribution is -2.66. The van der Waals surface area contributed by atoms with Crippen molar-refractivity contribution in [2.24, 2.45) is 0 Å². The second-order valence-electron chi connectivity index (χ2n) is 12.2. The minimum Gasteiger partial charge on any atom is -0.491 e. The first kappa shape index (κ1) is 33.2. The first-order valence-corrected chi connectivity index (χ1v) is 17.4. The summed E-state index contributed by atoms with van der Waals surface area (Å²) in [7, 11) is -2.60. The molecule has 2 aliphatic rings. The maximum Gasteiger partial charge on any atom is 0.262 e. The molecular weight excluding hydrogens is 604 g/mol. The van der Waals surface area contributed by atoms with Crippen LogP contribution in [0, 0.1) is 0 Å². The topological polar surface area (TPSA) is 120 Å². The number of nitrogens with zero attached hydrogens (tertiary/aromatic N) is 1. The third-order valence-corrected chi connectivity index (χ3v) is 13.3. The number of benzene rings is 3. The first-order valence-electron chi connectivity index (χ1n) is 15.5. The van der Waals surface area contributed by atoms with Gasteiger partial charge in [-0.05, 0) is 40.0 Å². The Labute approximate surface area is 270 Å². The summed E-state index contributed by atoms with van der Waals surface area (Å²) in [6, 6.07) is 24.6. The Morgan fingerprint density at radius 3 is 1.89 bits per heavy atom. The predicted octanol–water partition coefficient (Wildman–Crippen LogP) is 3.08. The fourth-order valence-electron chi connectivity index (χ4n) is 6.10. The predicted molar refractivity (Wildman–Crippen MR) is 174 cm³/mol. The molecule has 2 heterocycles. The maximum absolute atomic E-state index is 13.0. The Hall–Kier alpha value is -4.16. The first-order chi connectivity index (χ1) is 22.1. The van der Waals surface area contributed by atoms with Gasteiger partial charge in [0.25, 0.3) is 20.1 Å². The third kappa shape index (κ3) is 6.97. The minimum absolute atomic E-state index is 0.0684. The number of carbonyl (C=O) groups is 4. The van der Waals surface area contributed by atoms with Crippen molar-refractivity contribution in [3.63, 3.8) is 0 Å². The molecule has 11 heteroatoms. The fourth-order valence-corrected chi connectivity index (χ4v) is 10.6. The van der Waals surface area contributed by atoms with Gasteiger partial charge in [0.05, 0.1) is 44.2 Å². The Morgan fingerprint density at radius 1 is 0.739 bits per heavy atom. The van der Waals surface area contributed by atoms with E-state index in [1.807, 2.05) is 12.1 Å². The summed E-state index contributed by atoms with van der Waals surface area (Å²) in [4.78, 5) is 50.5. The SMILES string of the molecule is CC(C)(C)[Si](OCCOCCOCCOc1ccc2c(c1)C(=O)N(C1CCC(=O)NC1=O)C2=O)(c1ccccc1)c1ccccc1. The normalized spacial score (nSPS) is 16.8. The van der Waals surface area contributed by atoms with Crippen molar-refractivity contribution in [3.8, 4) is 5.75 Å². The molecule has 242 valence electrons. The number of rotatable bonds is 14. The number of hydrogen-bond acceptors (Lipinski definition) is 8. The zero-order valence-electron chi connectivity index (χ0n) is 26.5. The molecule has 0 spiro atoms. The highest BCUT2D eigenvalue weighted by molar-refractivity contribution is 6.99. The monoisotopic (exact) mass is 644 g/mol. The van der Waals surface area contributed by atoms with Crippen LogP contribution < -0.4 is 20.4 Å². The number of piperidine rings is 1. The van der Waals surface area contributed by atoms with Crippen LogP contribution in [0.4, 0.5) is 0 Å². The van der Waals surface area contributed by atoms with E-state index in [2.05, 4.69) is 74.6 Å². The number of hydrogen-bond donors (Lipinski definition) is 1. The standard InChI is InChI=1S/C35H40N2O8Si/c1-35(2,3)46(26-10-6-4-7-11-26,27-12-8-5-9-13-27)45-23-21-43-19-18-42-20-22-44-25-14-15-28-29(24-25)34(41)37(33(28)40)30-16-17-31(38)36-32(30)39/h4-15,24,30H,16-23H2,1-3H3,(H,36,38,39). The Morgan fingerprint density at radius 2 is 1.30 bits per heavy atom. The lowest BCUT2D eigenvalue weighted by molar-refractivity contribution is -0.136. The van der Waals surface area contributed by atoms with E-state index in [9.17, 15) is 19.2 Å². The van der Waals surface area contributed by atoms with E-state index in [1.165, 1.54) is 22.5 Å². The Bertz CT molecular complexity index is 1520. The van der Waals surface area contributed by atoms with Crippen LogP contribution in [0.2, 0.25) is 5.04 Å². The molecular formula is C35H40N2O8Si. The van der Waals surface area contributed by atoms with Crippen molar-refractivity contribution in [1.29, 1.82) is 0 Å². The van der Waals surface area contributed by atoms with E-state index in [0.29, 0.717) is 38.8 Å². The zero-order valence-corrected chi connectivity index (χ0v) is 27.5. The van der Waals surface area contributed by atoms with Gasteiger partial charge in [0, 0.05) is 6.42 Å². The van der Waals surface area contributed by atoms with Gasteiger partial charge in [-0.1, -0.05) is 81.4 Å². The second kappa shape index (κ2) is 14.5. The molecule has 1 fully saturated rings. The molecule has 0 aromatic heterocycles. The molecule has 1 saturated heterocycles. The molecule has 46 heavy (non-hydrogen) atoms. The van der Waals surface area contributed by atoms with E-state index in [4.69, 9.17) is 18.6 Å². The lowest BCUT2D eigenvalue weighted by Gasteiger charge is -2.43. The van der Waals surface area contributed by atoms with Gasteiger partial charge >= 0.3 is 0 Å². The van der Waals surface area contributed by atoms with Crippen LogP contribution in [-0.4, -0.2) is 82.5 Å². The summed E-state index contributed by atoms with van der Waals surface area (Å²) in [5.74, 6) is -1.78. The molecule has 3 aromatic rings. The average molecular weight is 645 g/mol. The van der Waals surface area contributed by atoms with E-state index < -0.39 is 38.0 Å². The highest BCUT2D eigenvalue weighted by Gasteiger charge is 2.50. The molecule has 0 radical (unpaired) electrons. The average Bonchev–Trinajstić information content (AvgIpc) is 3.28. The summed E-state index contributed by atoms with van der Waals surface area (Å²) >= 11 is 0. The van der Waals surface area contributed by atoms with Gasteiger partial charge in [0.2, 0.25) is 11.8 Å². The van der Waals surface area contributed by atoms with Crippen LogP contribution in [0.1, 0.15) is 54.3 Å². The van der Waals surface area contributed by atoms with Crippen LogP contribution in [0.3, 0.4) is 0 Å². The number of carbonyl (C=O) groups excluding carboxylic acids is 4. The highest BCUT2D eigenvalue weighted by atomic mass is 28.4. The molecule has 1 N–H and O–H groups in total. The summed E-state index contributed by atoms with van der Waals surface area (Å²) in [6.07, 6.45) is 0.174. The number of fused-ring (bicyclic) bond motifs is 1. The van der Waals surface area contributed by atoms with Crippen LogP contribution >= 0.6 is 0 Å². The minimum atomic E-state index is -2.60. The van der Waals surface area contributed by atoms with Crippen molar-refractivity contribution >= 4 is 42.3 Å². The summed E-state index contributed by atoms with van der Waals surface area (Å²) in [5, 5.41) is 4.54. The van der Waals surface area contributed by atoms with Crippen LogP contribution in [0.5, 0.6) is 5.75 Å². The summed E-state index contributed by atoms with van der Waals surface area (Å²) in [6.45, 7) is 8.92. The van der Waals surface area contributed by atoms with Crippen LogP contribution in [0.15, 0.2) is 78.9 Å². The molecule has 4 amide bonds. The summed E-state index contributed by atoms with van der Waals surface area (Å²) in [5.41, 5.74) is 0.371. The van der Waals surface area contributed by atoms with Gasteiger partial charge in [-0.15, -0.1) is 0 Å². The number of nitrogens with one attached hydrogen (secondary N) is 1. The summed E-state index contributed by atoms with van der Waals surface area (Å²) < 4.78 is 24.1. The molecule has 0 saturated carbocycles. The lowest BCUT2D eigenvalue weighted by atomic mass is 10.0. The van der Waals surface area contributed by atoms with E-state index in [1.54, 1.807) is 6.07 Å². The molecule has 10 nitrogen and oxygen atoms in total. The largest absolute Gasteiger partial charge is 0.491 e. The number of ether oxygens (including phenoxy) is 3. The molecule has 3 aromatic carbocycles. The molecule has 1 unspecified atom stereocenters. The number of amides is 4. The van der Waals surface area contributed by atoms with Crippen molar-refractivity contribution in [1.82, 2.24) is 10.2 Å². The quantitative estimate of drug-likeness (QED) is 0.162. The smallest absolute Gasteiger partial charge is 0.262 e. The van der Waals surface area contributed by atoms with Gasteiger partial charge < -0.3 is 18.6 Å². The van der Waals surface area contributed by atoms with Crippen molar-refractivity contribution in [2.45, 2.75) is 44.7 Å². The van der Waals surface area contributed by atoms with Crippen molar-refractivity contribution in [3.05, 3.63) is 90.0 Å². The van der Waals surface area contributed by atoms with Gasteiger partial charge in [-0.25, -0.2) is 0 Å². The van der Waals surface area contributed by atoms with Gasteiger partial charge in [0.1, 0.15) is 18.4 Å². The third-order valence-electron chi connectivity index (χ3n) is 8.24. The van der Waals surface area contributed by atoms with E-state index in [0.717, 1.165) is 4.90 Å². The molecule has 5 rings (SSSR count). The number of imide groups is 2. The van der Waals surface area contributed by atoms with Gasteiger partial charge in [-0.2, -0.15) is 0 Å². The Balaban J connectivity index is 1.05. The maximum atomic E-state index is 13.0. The Kier molecular flexibility index (Phi) is 10.5. The van der Waals surface area contributed by atoms with Crippen molar-refractivity contribution < 1.29 is 37.8 Å². The molecule has 0 bridgehead atoms. The van der Waals surface area contributed by atoms with E-state index >= 15 is 0 Å². The molecule has 2 aliphatic heterocycles. The second-order valence-corrected chi connectivity index (χ2v) is 16.5. The van der Waals surface area contributed by atoms with Crippen LogP contribution in [-0.2, 0) is 23.5 Å². The van der Waals surface area contributed by atoms with Gasteiger partial charge in [-0.3, -0.25) is 29.4 Å². The van der Waals surface area contributed by atoms with Crippen LogP contribution in [0.25, 0.3) is 0 Å². The molecule has 0 aliphatic carbocycles. The highest BCUT2D eigenvalue weighted by Crippen LogP contribution is 2.36.